The summed E-state index contributed by atoms with van der Waals surface area (Å²) in [5.74, 6) is 0. The van der Waals surface area contributed by atoms with Crippen molar-refractivity contribution in [1.82, 2.24) is 9.88 Å². The highest BCUT2D eigenvalue weighted by atomic mass is 32.2. The van der Waals surface area contributed by atoms with Crippen LogP contribution in [0.15, 0.2) is 57.8 Å². The minimum Gasteiger partial charge on any atom is -0.378 e. The van der Waals surface area contributed by atoms with E-state index in [0.29, 0.717) is 26.3 Å². The van der Waals surface area contributed by atoms with Crippen molar-refractivity contribution in [2.24, 2.45) is 0 Å². The number of morpholine rings is 1. The lowest BCUT2D eigenvalue weighted by Crippen LogP contribution is -2.43. The summed E-state index contributed by atoms with van der Waals surface area (Å²) in [4.78, 5) is 19.7. The van der Waals surface area contributed by atoms with Crippen LogP contribution in [0.2, 0.25) is 0 Å². The zero-order valence-electron chi connectivity index (χ0n) is 13.5. The molecular weight excluding hydrogens is 354 g/mol. The lowest BCUT2D eigenvalue weighted by atomic mass is 10.3. The van der Waals surface area contributed by atoms with E-state index in [-0.39, 0.29) is 6.03 Å². The van der Waals surface area contributed by atoms with Crippen molar-refractivity contribution in [2.45, 2.75) is 9.24 Å². The van der Waals surface area contributed by atoms with E-state index >= 15 is 0 Å². The molecular formula is C18H17N3O2S2. The zero-order valence-corrected chi connectivity index (χ0v) is 15.1. The summed E-state index contributed by atoms with van der Waals surface area (Å²) in [5.41, 5.74) is 1.83. The van der Waals surface area contributed by atoms with Gasteiger partial charge in [0.1, 0.15) is 0 Å². The number of thiazole rings is 1. The predicted molar refractivity (Wildman–Crippen MR) is 102 cm³/mol. The number of nitrogens with one attached hydrogen (secondary N) is 1. The van der Waals surface area contributed by atoms with Gasteiger partial charge in [-0.1, -0.05) is 23.9 Å². The van der Waals surface area contributed by atoms with Crippen molar-refractivity contribution < 1.29 is 9.53 Å². The van der Waals surface area contributed by atoms with Crippen LogP contribution < -0.4 is 5.32 Å². The number of carbonyl (C=O) groups is 1. The molecule has 3 aromatic rings. The third kappa shape index (κ3) is 3.95. The molecule has 1 saturated heterocycles. The van der Waals surface area contributed by atoms with E-state index in [2.05, 4.69) is 16.4 Å². The SMILES string of the molecule is O=C(Nc1ccc(Sc2nc3ccccc3s2)cc1)N1CCOCC1. The van der Waals surface area contributed by atoms with Gasteiger partial charge in [-0.05, 0) is 36.4 Å². The molecule has 1 aromatic heterocycles. The van der Waals surface area contributed by atoms with Gasteiger partial charge < -0.3 is 15.0 Å². The normalized spacial score (nSPS) is 14.6. The van der Waals surface area contributed by atoms with E-state index in [0.717, 1.165) is 20.4 Å². The van der Waals surface area contributed by atoms with Crippen molar-refractivity contribution in [3.05, 3.63) is 48.5 Å². The Morgan fingerprint density at radius 2 is 1.88 bits per heavy atom. The van der Waals surface area contributed by atoms with E-state index in [1.165, 1.54) is 4.70 Å². The quantitative estimate of drug-likeness (QED) is 0.745. The topological polar surface area (TPSA) is 54.5 Å². The minimum atomic E-state index is -0.0742. The summed E-state index contributed by atoms with van der Waals surface area (Å²) in [6, 6.07) is 15.9. The number of fused-ring (bicyclic) bond motifs is 1. The monoisotopic (exact) mass is 371 g/mol. The van der Waals surface area contributed by atoms with Crippen molar-refractivity contribution in [3.63, 3.8) is 0 Å². The Kier molecular flexibility index (Phi) is 4.87. The Morgan fingerprint density at radius 1 is 1.12 bits per heavy atom. The average molecular weight is 371 g/mol. The number of carbonyl (C=O) groups excluding carboxylic acids is 1. The number of anilines is 1. The van der Waals surface area contributed by atoms with Gasteiger partial charge in [-0.2, -0.15) is 0 Å². The van der Waals surface area contributed by atoms with Gasteiger partial charge in [0.05, 0.1) is 23.4 Å². The smallest absolute Gasteiger partial charge is 0.321 e. The molecule has 0 spiro atoms. The molecule has 0 unspecified atom stereocenters. The van der Waals surface area contributed by atoms with Crippen LogP contribution in [0, 0.1) is 0 Å². The summed E-state index contributed by atoms with van der Waals surface area (Å²) in [7, 11) is 0. The van der Waals surface area contributed by atoms with Crippen LogP contribution in [0.3, 0.4) is 0 Å². The van der Waals surface area contributed by atoms with E-state index in [4.69, 9.17) is 4.74 Å². The molecule has 0 atom stereocenters. The number of hydrogen-bond acceptors (Lipinski definition) is 5. The van der Waals surface area contributed by atoms with Crippen molar-refractivity contribution in [2.75, 3.05) is 31.6 Å². The maximum absolute atomic E-state index is 12.2. The highest BCUT2D eigenvalue weighted by Gasteiger charge is 2.16. The largest absolute Gasteiger partial charge is 0.378 e. The summed E-state index contributed by atoms with van der Waals surface area (Å²) >= 11 is 3.33. The Morgan fingerprint density at radius 3 is 2.64 bits per heavy atom. The number of aromatic nitrogens is 1. The van der Waals surface area contributed by atoms with E-state index in [9.17, 15) is 4.79 Å². The molecule has 4 rings (SSSR count). The number of nitrogens with zero attached hydrogens (tertiary/aromatic N) is 2. The van der Waals surface area contributed by atoms with Crippen LogP contribution in [0.1, 0.15) is 0 Å². The third-order valence-electron chi connectivity index (χ3n) is 3.88. The second-order valence-corrected chi connectivity index (χ2v) is 7.95. The summed E-state index contributed by atoms with van der Waals surface area (Å²) in [6.45, 7) is 2.48. The lowest BCUT2D eigenvalue weighted by Gasteiger charge is -2.26. The molecule has 1 fully saturated rings. The second kappa shape index (κ2) is 7.43. The van der Waals surface area contributed by atoms with E-state index < -0.39 is 0 Å². The van der Waals surface area contributed by atoms with E-state index in [1.54, 1.807) is 28.0 Å². The predicted octanol–water partition coefficient (Wildman–Crippen LogP) is 4.31. The third-order valence-corrected chi connectivity index (χ3v) is 5.99. The molecule has 0 aliphatic carbocycles. The van der Waals surface area contributed by atoms with Gasteiger partial charge in [-0.15, -0.1) is 11.3 Å². The first-order valence-electron chi connectivity index (χ1n) is 8.05. The highest BCUT2D eigenvalue weighted by molar-refractivity contribution is 8.01. The molecule has 2 aromatic carbocycles. The number of para-hydroxylation sites is 1. The molecule has 2 heterocycles. The summed E-state index contributed by atoms with van der Waals surface area (Å²) < 4.78 is 7.48. The maximum atomic E-state index is 12.2. The molecule has 128 valence electrons. The van der Waals surface area contributed by atoms with Crippen molar-refractivity contribution in [3.8, 4) is 0 Å². The van der Waals surface area contributed by atoms with Crippen LogP contribution in [-0.4, -0.2) is 42.2 Å². The first-order valence-corrected chi connectivity index (χ1v) is 9.68. The van der Waals surface area contributed by atoms with Crippen LogP contribution in [-0.2, 0) is 4.74 Å². The van der Waals surface area contributed by atoms with Gasteiger partial charge in [-0.3, -0.25) is 0 Å². The fourth-order valence-corrected chi connectivity index (χ4v) is 4.61. The fraction of sp³-hybridized carbons (Fsp3) is 0.222. The Bertz CT molecular complexity index is 840. The molecule has 0 radical (unpaired) electrons. The summed E-state index contributed by atoms with van der Waals surface area (Å²) in [6.07, 6.45) is 0. The molecule has 1 aliphatic heterocycles. The average Bonchev–Trinajstić information content (AvgIpc) is 3.06. The minimum absolute atomic E-state index is 0.0742. The Labute approximate surface area is 154 Å². The van der Waals surface area contributed by atoms with Crippen molar-refractivity contribution >= 4 is 45.0 Å². The zero-order chi connectivity index (χ0) is 17.1. The molecule has 1 aliphatic rings. The molecule has 7 heteroatoms. The number of amides is 2. The number of urea groups is 1. The standard InChI is InChI=1S/C18H17N3O2S2/c22-17(21-9-11-23-12-10-21)19-13-5-7-14(8-6-13)24-18-20-15-3-1-2-4-16(15)25-18/h1-8H,9-12H2,(H,19,22). The Balaban J connectivity index is 1.40. The van der Waals surface area contributed by atoms with Crippen LogP contribution in [0.4, 0.5) is 10.5 Å². The summed E-state index contributed by atoms with van der Waals surface area (Å²) in [5, 5.41) is 2.93. The molecule has 2 amide bonds. The lowest BCUT2D eigenvalue weighted by molar-refractivity contribution is 0.0564. The number of rotatable bonds is 3. The van der Waals surface area contributed by atoms with Crippen molar-refractivity contribution in [1.29, 1.82) is 0 Å². The van der Waals surface area contributed by atoms with Crippen LogP contribution in [0.5, 0.6) is 0 Å². The number of ether oxygens (including phenoxy) is 1. The van der Waals surface area contributed by atoms with Gasteiger partial charge in [-0.25, -0.2) is 9.78 Å². The van der Waals surface area contributed by atoms with Gasteiger partial charge in [0.2, 0.25) is 0 Å². The maximum Gasteiger partial charge on any atom is 0.321 e. The van der Waals surface area contributed by atoms with Gasteiger partial charge in [0.25, 0.3) is 0 Å². The first kappa shape index (κ1) is 16.4. The molecule has 0 saturated carbocycles. The second-order valence-electron chi connectivity index (χ2n) is 5.60. The molecule has 25 heavy (non-hydrogen) atoms. The van der Waals surface area contributed by atoms with E-state index in [1.807, 2.05) is 42.5 Å². The Hall–Kier alpha value is -2.09. The van der Waals surface area contributed by atoms with Gasteiger partial charge >= 0.3 is 6.03 Å². The first-order chi connectivity index (χ1) is 12.3. The fourth-order valence-electron chi connectivity index (χ4n) is 2.57. The van der Waals surface area contributed by atoms with Crippen LogP contribution in [0.25, 0.3) is 10.2 Å². The number of benzene rings is 2. The van der Waals surface area contributed by atoms with Crippen LogP contribution >= 0.6 is 23.1 Å². The molecule has 0 bridgehead atoms. The number of hydrogen-bond donors (Lipinski definition) is 1. The highest BCUT2D eigenvalue weighted by Crippen LogP contribution is 2.34. The van der Waals surface area contributed by atoms with Gasteiger partial charge in [0, 0.05) is 23.7 Å². The van der Waals surface area contributed by atoms with Gasteiger partial charge in [0.15, 0.2) is 4.34 Å². The molecule has 1 N–H and O–H groups in total. The molecule has 5 nitrogen and oxygen atoms in total.